The van der Waals surface area contributed by atoms with Gasteiger partial charge in [-0.15, -0.1) is 24.0 Å². The molecule has 0 aliphatic rings. The number of nitrogens with zero attached hydrogens (tertiary/aromatic N) is 1. The second kappa shape index (κ2) is 14.0. The average molecular weight is 465 g/mol. The van der Waals surface area contributed by atoms with Crippen molar-refractivity contribution in [3.05, 3.63) is 18.2 Å². The summed E-state index contributed by atoms with van der Waals surface area (Å²) in [6.45, 7) is 10.9. The molecule has 1 aromatic carbocycles. The zero-order valence-corrected chi connectivity index (χ0v) is 18.3. The van der Waals surface area contributed by atoms with Crippen LogP contribution in [-0.2, 0) is 4.74 Å². The minimum atomic E-state index is 0. The maximum atomic E-state index is 5.60. The minimum Gasteiger partial charge on any atom is -0.493 e. The fraction of sp³-hybridized carbons (Fsp3) is 0.611. The highest BCUT2D eigenvalue weighted by molar-refractivity contribution is 14.0. The molecular weight excluding hydrogens is 433 g/mol. The molecular formula is C18H32IN3O3. The lowest BCUT2D eigenvalue weighted by molar-refractivity contribution is 0.0783. The lowest BCUT2D eigenvalue weighted by Gasteiger charge is -2.14. The normalized spacial score (nSPS) is 11.0. The number of guanidine groups is 1. The van der Waals surface area contributed by atoms with Crippen LogP contribution in [-0.4, -0.2) is 45.5 Å². The summed E-state index contributed by atoms with van der Waals surface area (Å²) in [7, 11) is 1.63. The van der Waals surface area contributed by atoms with Crippen molar-refractivity contribution in [1.82, 2.24) is 5.32 Å². The first kappa shape index (κ1) is 23.8. The highest BCUT2D eigenvalue weighted by Gasteiger charge is 2.07. The Hall–Kier alpha value is -1.22. The van der Waals surface area contributed by atoms with Crippen LogP contribution < -0.4 is 20.1 Å². The molecule has 0 aliphatic carbocycles. The number of hydrogen-bond donors (Lipinski definition) is 2. The van der Waals surface area contributed by atoms with Crippen LogP contribution in [0.1, 0.15) is 34.1 Å². The molecule has 1 rings (SSSR count). The van der Waals surface area contributed by atoms with Crippen LogP contribution in [0, 0.1) is 0 Å². The Balaban J connectivity index is 0.00000576. The van der Waals surface area contributed by atoms with Crippen LogP contribution in [0.2, 0.25) is 0 Å². The molecule has 6 nitrogen and oxygen atoms in total. The van der Waals surface area contributed by atoms with Gasteiger partial charge in [0.2, 0.25) is 0 Å². The Bertz CT molecular complexity index is 510. The standard InChI is InChI=1S/C18H31N3O3.HI/c1-6-19-18(20-11-8-12-24-14(3)4)21-15-9-10-16(22-5)17(13-15)23-7-2;/h9-10,13-14H,6-8,11-12H2,1-5H3,(H2,19,20,21);1H. The smallest absolute Gasteiger partial charge is 0.195 e. The van der Waals surface area contributed by atoms with E-state index in [1.165, 1.54) is 0 Å². The van der Waals surface area contributed by atoms with E-state index in [4.69, 9.17) is 14.2 Å². The van der Waals surface area contributed by atoms with E-state index in [9.17, 15) is 0 Å². The van der Waals surface area contributed by atoms with Crippen LogP contribution in [0.15, 0.2) is 23.2 Å². The molecule has 0 heterocycles. The first-order valence-corrected chi connectivity index (χ1v) is 8.58. The molecule has 0 bridgehead atoms. The number of benzene rings is 1. The van der Waals surface area contributed by atoms with Crippen molar-refractivity contribution in [3.63, 3.8) is 0 Å². The summed E-state index contributed by atoms with van der Waals surface area (Å²) in [4.78, 5) is 4.57. The van der Waals surface area contributed by atoms with Gasteiger partial charge in [-0.05, 0) is 46.2 Å². The van der Waals surface area contributed by atoms with Gasteiger partial charge < -0.3 is 24.8 Å². The van der Waals surface area contributed by atoms with E-state index in [0.717, 1.165) is 37.0 Å². The molecule has 0 saturated carbocycles. The van der Waals surface area contributed by atoms with Crippen molar-refractivity contribution >= 4 is 35.6 Å². The molecule has 1 aromatic rings. The number of methoxy groups -OCH3 is 1. The monoisotopic (exact) mass is 465 g/mol. The van der Waals surface area contributed by atoms with Gasteiger partial charge in [0, 0.05) is 31.5 Å². The van der Waals surface area contributed by atoms with Gasteiger partial charge in [-0.25, -0.2) is 0 Å². The van der Waals surface area contributed by atoms with Crippen LogP contribution in [0.25, 0.3) is 0 Å². The molecule has 0 unspecified atom stereocenters. The molecule has 0 spiro atoms. The largest absolute Gasteiger partial charge is 0.493 e. The third-order valence-corrected chi connectivity index (χ3v) is 3.09. The van der Waals surface area contributed by atoms with Gasteiger partial charge in [0.25, 0.3) is 0 Å². The summed E-state index contributed by atoms with van der Waals surface area (Å²) in [5.41, 5.74) is 0.900. The Morgan fingerprint density at radius 1 is 1.20 bits per heavy atom. The number of aliphatic imine (C=N–C) groups is 1. The van der Waals surface area contributed by atoms with Gasteiger partial charge in [-0.2, -0.15) is 0 Å². The van der Waals surface area contributed by atoms with Crippen molar-refractivity contribution < 1.29 is 14.2 Å². The zero-order chi connectivity index (χ0) is 17.8. The van der Waals surface area contributed by atoms with Crippen molar-refractivity contribution in [2.24, 2.45) is 4.99 Å². The van der Waals surface area contributed by atoms with E-state index in [2.05, 4.69) is 15.6 Å². The molecule has 2 N–H and O–H groups in total. The van der Waals surface area contributed by atoms with Gasteiger partial charge in [0.15, 0.2) is 17.5 Å². The van der Waals surface area contributed by atoms with Crippen molar-refractivity contribution in [2.75, 3.05) is 38.7 Å². The molecule has 0 fully saturated rings. The average Bonchev–Trinajstić information content (AvgIpc) is 2.55. The minimum absolute atomic E-state index is 0. The zero-order valence-electron chi connectivity index (χ0n) is 15.9. The summed E-state index contributed by atoms with van der Waals surface area (Å²) in [6.07, 6.45) is 1.15. The highest BCUT2D eigenvalue weighted by Crippen LogP contribution is 2.30. The fourth-order valence-electron chi connectivity index (χ4n) is 2.04. The maximum absolute atomic E-state index is 5.60. The number of nitrogens with one attached hydrogen (secondary N) is 2. The SMILES string of the molecule is CCNC(=NCCCOC(C)C)Nc1ccc(OC)c(OCC)c1.I. The lowest BCUT2D eigenvalue weighted by atomic mass is 10.2. The van der Waals surface area contributed by atoms with Gasteiger partial charge in [-0.1, -0.05) is 0 Å². The summed E-state index contributed by atoms with van der Waals surface area (Å²) < 4.78 is 16.4. The maximum Gasteiger partial charge on any atom is 0.195 e. The summed E-state index contributed by atoms with van der Waals surface area (Å²) >= 11 is 0. The third kappa shape index (κ3) is 9.74. The molecule has 7 heteroatoms. The summed E-state index contributed by atoms with van der Waals surface area (Å²) in [5, 5.41) is 6.53. The Morgan fingerprint density at radius 2 is 1.96 bits per heavy atom. The molecule has 0 saturated heterocycles. The van der Waals surface area contributed by atoms with Gasteiger partial charge in [0.05, 0.1) is 19.8 Å². The van der Waals surface area contributed by atoms with Crippen molar-refractivity contribution in [1.29, 1.82) is 0 Å². The first-order valence-electron chi connectivity index (χ1n) is 8.58. The predicted molar refractivity (Wildman–Crippen MR) is 115 cm³/mol. The van der Waals surface area contributed by atoms with E-state index >= 15 is 0 Å². The molecule has 0 aliphatic heterocycles. The van der Waals surface area contributed by atoms with E-state index in [-0.39, 0.29) is 30.1 Å². The molecule has 0 radical (unpaired) electrons. The first-order chi connectivity index (χ1) is 11.6. The second-order valence-electron chi connectivity index (χ2n) is 5.46. The van der Waals surface area contributed by atoms with Crippen molar-refractivity contribution in [3.8, 4) is 11.5 Å². The van der Waals surface area contributed by atoms with E-state index in [1.54, 1.807) is 7.11 Å². The summed E-state index contributed by atoms with van der Waals surface area (Å²) in [6, 6.07) is 5.74. The number of rotatable bonds is 10. The number of halogens is 1. The highest BCUT2D eigenvalue weighted by atomic mass is 127. The Labute approximate surface area is 168 Å². The second-order valence-corrected chi connectivity index (χ2v) is 5.46. The van der Waals surface area contributed by atoms with E-state index in [1.807, 2.05) is 45.9 Å². The predicted octanol–water partition coefficient (Wildman–Crippen LogP) is 3.90. The molecule has 0 aromatic heterocycles. The topological polar surface area (TPSA) is 64.1 Å². The van der Waals surface area contributed by atoms with Gasteiger partial charge >= 0.3 is 0 Å². The van der Waals surface area contributed by atoms with Crippen LogP contribution in [0.4, 0.5) is 5.69 Å². The van der Waals surface area contributed by atoms with Crippen LogP contribution >= 0.6 is 24.0 Å². The quantitative estimate of drug-likeness (QED) is 0.238. The third-order valence-electron chi connectivity index (χ3n) is 3.09. The van der Waals surface area contributed by atoms with Crippen LogP contribution in [0.5, 0.6) is 11.5 Å². The number of anilines is 1. The number of ether oxygens (including phenoxy) is 3. The van der Waals surface area contributed by atoms with Gasteiger partial charge in [0.1, 0.15) is 0 Å². The summed E-state index contributed by atoms with van der Waals surface area (Å²) in [5.74, 6) is 2.18. The lowest BCUT2D eigenvalue weighted by Crippen LogP contribution is -2.30. The Morgan fingerprint density at radius 3 is 2.56 bits per heavy atom. The van der Waals surface area contributed by atoms with Crippen molar-refractivity contribution in [2.45, 2.75) is 40.2 Å². The number of hydrogen-bond acceptors (Lipinski definition) is 4. The van der Waals surface area contributed by atoms with E-state index < -0.39 is 0 Å². The molecule has 0 amide bonds. The van der Waals surface area contributed by atoms with E-state index in [0.29, 0.717) is 18.9 Å². The van der Waals surface area contributed by atoms with Crippen LogP contribution in [0.3, 0.4) is 0 Å². The Kier molecular flexibility index (Phi) is 13.3. The molecule has 25 heavy (non-hydrogen) atoms. The van der Waals surface area contributed by atoms with Gasteiger partial charge in [-0.3, -0.25) is 4.99 Å². The molecule has 0 atom stereocenters. The molecule has 144 valence electrons. The fourth-order valence-corrected chi connectivity index (χ4v) is 2.04.